The van der Waals surface area contributed by atoms with Crippen molar-refractivity contribution in [3.63, 3.8) is 0 Å². The Hall–Kier alpha value is -2.41. The average Bonchev–Trinajstić information content (AvgIpc) is 3.17. The zero-order valence-electron chi connectivity index (χ0n) is 16.9. The maximum atomic E-state index is 12.6. The standard InChI is InChI=1S/C22H28N4O3/c1-28-18-5-2-4-16(10-18)11-20(27)26-13-17(14-26)21-23-22(29-24-21)19-6-3-9-25(19)12-15-7-8-15/h2,4-5,10,15,17,19H,3,6-9,11-14H2,1H3. The van der Waals surface area contributed by atoms with Crippen LogP contribution >= 0.6 is 0 Å². The number of rotatable bonds is 7. The van der Waals surface area contributed by atoms with Gasteiger partial charge in [-0.2, -0.15) is 4.98 Å². The van der Waals surface area contributed by atoms with Crippen molar-refractivity contribution in [1.29, 1.82) is 0 Å². The summed E-state index contributed by atoms with van der Waals surface area (Å²) >= 11 is 0. The van der Waals surface area contributed by atoms with E-state index in [2.05, 4.69) is 10.1 Å². The van der Waals surface area contributed by atoms with Gasteiger partial charge in [-0.15, -0.1) is 0 Å². The highest BCUT2D eigenvalue weighted by atomic mass is 16.5. The van der Waals surface area contributed by atoms with E-state index < -0.39 is 0 Å². The number of likely N-dealkylation sites (tertiary alicyclic amines) is 2. The highest BCUT2D eigenvalue weighted by Gasteiger charge is 2.38. The maximum Gasteiger partial charge on any atom is 0.244 e. The Morgan fingerprint density at radius 1 is 1.28 bits per heavy atom. The van der Waals surface area contributed by atoms with E-state index in [0.717, 1.165) is 41.9 Å². The quantitative estimate of drug-likeness (QED) is 0.717. The van der Waals surface area contributed by atoms with Crippen molar-refractivity contribution in [3.05, 3.63) is 41.5 Å². The van der Waals surface area contributed by atoms with Crippen LogP contribution in [0.5, 0.6) is 5.75 Å². The van der Waals surface area contributed by atoms with Gasteiger partial charge in [0.1, 0.15) is 5.75 Å². The van der Waals surface area contributed by atoms with Crippen LogP contribution in [0.4, 0.5) is 0 Å². The van der Waals surface area contributed by atoms with E-state index in [1.807, 2.05) is 29.2 Å². The minimum atomic E-state index is 0.129. The molecule has 1 saturated carbocycles. The largest absolute Gasteiger partial charge is 0.497 e. The number of ether oxygens (including phenoxy) is 1. The summed E-state index contributed by atoms with van der Waals surface area (Å²) in [4.78, 5) is 21.7. The van der Waals surface area contributed by atoms with Gasteiger partial charge in [0.2, 0.25) is 11.8 Å². The molecule has 0 bridgehead atoms. The van der Waals surface area contributed by atoms with Crippen molar-refractivity contribution >= 4 is 5.91 Å². The lowest BCUT2D eigenvalue weighted by atomic mass is 9.98. The monoisotopic (exact) mass is 396 g/mol. The summed E-state index contributed by atoms with van der Waals surface area (Å²) in [5.74, 6) is 3.47. The van der Waals surface area contributed by atoms with Gasteiger partial charge in [-0.1, -0.05) is 17.3 Å². The van der Waals surface area contributed by atoms with Crippen molar-refractivity contribution in [2.45, 2.75) is 44.1 Å². The van der Waals surface area contributed by atoms with Crippen LogP contribution in [-0.2, 0) is 11.2 Å². The van der Waals surface area contributed by atoms with Gasteiger partial charge in [-0.25, -0.2) is 0 Å². The number of carbonyl (C=O) groups excluding carboxylic acids is 1. The molecule has 1 amide bonds. The van der Waals surface area contributed by atoms with E-state index >= 15 is 0 Å². The summed E-state index contributed by atoms with van der Waals surface area (Å²) in [6.07, 6.45) is 5.41. The Balaban J connectivity index is 1.15. The van der Waals surface area contributed by atoms with Crippen LogP contribution in [0.25, 0.3) is 0 Å². The topological polar surface area (TPSA) is 71.7 Å². The summed E-state index contributed by atoms with van der Waals surface area (Å²) in [5.41, 5.74) is 0.969. The van der Waals surface area contributed by atoms with Gasteiger partial charge < -0.3 is 14.2 Å². The van der Waals surface area contributed by atoms with Gasteiger partial charge >= 0.3 is 0 Å². The molecule has 3 aliphatic rings. The molecule has 2 aromatic rings. The van der Waals surface area contributed by atoms with Gasteiger partial charge in [0.15, 0.2) is 5.82 Å². The molecule has 3 fully saturated rings. The predicted octanol–water partition coefficient (Wildman–Crippen LogP) is 2.79. The van der Waals surface area contributed by atoms with E-state index in [1.165, 1.54) is 25.8 Å². The lowest BCUT2D eigenvalue weighted by Gasteiger charge is -2.37. The van der Waals surface area contributed by atoms with Crippen LogP contribution < -0.4 is 4.74 Å². The third-order valence-electron chi connectivity index (χ3n) is 6.38. The first-order chi connectivity index (χ1) is 14.2. The number of hydrogen-bond acceptors (Lipinski definition) is 6. The van der Waals surface area contributed by atoms with Crippen molar-refractivity contribution in [3.8, 4) is 5.75 Å². The second kappa shape index (κ2) is 7.78. The first kappa shape index (κ1) is 18.6. The fourth-order valence-corrected chi connectivity index (χ4v) is 4.42. The van der Waals surface area contributed by atoms with Crippen LogP contribution in [0, 0.1) is 5.92 Å². The first-order valence-electron chi connectivity index (χ1n) is 10.7. The molecule has 1 unspecified atom stereocenters. The van der Waals surface area contributed by atoms with Gasteiger partial charge in [-0.05, 0) is 55.8 Å². The summed E-state index contributed by atoms with van der Waals surface area (Å²) in [6.45, 7) is 3.63. The van der Waals surface area contributed by atoms with Crippen molar-refractivity contribution in [2.24, 2.45) is 5.92 Å². The van der Waals surface area contributed by atoms with Gasteiger partial charge in [0, 0.05) is 19.6 Å². The van der Waals surface area contributed by atoms with Crippen molar-refractivity contribution < 1.29 is 14.1 Å². The van der Waals surface area contributed by atoms with Crippen LogP contribution in [0.15, 0.2) is 28.8 Å². The van der Waals surface area contributed by atoms with Gasteiger partial charge in [0.25, 0.3) is 0 Å². The summed E-state index contributed by atoms with van der Waals surface area (Å²) in [6, 6.07) is 7.95. The van der Waals surface area contributed by atoms with E-state index in [9.17, 15) is 4.79 Å². The highest BCUT2D eigenvalue weighted by molar-refractivity contribution is 5.79. The smallest absolute Gasteiger partial charge is 0.244 e. The zero-order valence-corrected chi connectivity index (χ0v) is 16.9. The van der Waals surface area contributed by atoms with Crippen molar-refractivity contribution in [2.75, 3.05) is 33.3 Å². The lowest BCUT2D eigenvalue weighted by Crippen LogP contribution is -2.49. The Kier molecular flexibility index (Phi) is 4.99. The minimum Gasteiger partial charge on any atom is -0.497 e. The maximum absolute atomic E-state index is 12.6. The molecular weight excluding hydrogens is 368 g/mol. The molecule has 2 aliphatic heterocycles. The SMILES string of the molecule is COc1cccc(CC(=O)N2CC(c3noc(C4CCCN4CC4CC4)n3)C2)c1. The Bertz CT molecular complexity index is 872. The van der Waals surface area contributed by atoms with Crippen LogP contribution in [-0.4, -0.2) is 59.1 Å². The molecule has 0 N–H and O–H groups in total. The Morgan fingerprint density at radius 3 is 2.93 bits per heavy atom. The Labute approximate surface area is 171 Å². The number of nitrogens with zero attached hydrogens (tertiary/aromatic N) is 4. The molecule has 3 heterocycles. The number of amides is 1. The molecular formula is C22H28N4O3. The molecule has 0 spiro atoms. The van der Waals surface area contributed by atoms with Gasteiger partial charge in [0.05, 0.1) is 25.5 Å². The molecule has 154 valence electrons. The van der Waals surface area contributed by atoms with Crippen LogP contribution in [0.1, 0.15) is 54.9 Å². The minimum absolute atomic E-state index is 0.129. The second-order valence-corrected chi connectivity index (χ2v) is 8.61. The predicted molar refractivity (Wildman–Crippen MR) is 107 cm³/mol. The summed E-state index contributed by atoms with van der Waals surface area (Å²) in [7, 11) is 1.64. The second-order valence-electron chi connectivity index (χ2n) is 8.61. The third kappa shape index (κ3) is 4.01. The number of aromatic nitrogens is 2. The summed E-state index contributed by atoms with van der Waals surface area (Å²) in [5, 5.41) is 4.25. The number of benzene rings is 1. The molecule has 0 radical (unpaired) electrons. The van der Waals surface area contributed by atoms with Crippen molar-refractivity contribution in [1.82, 2.24) is 19.9 Å². The Morgan fingerprint density at radius 2 is 2.14 bits per heavy atom. The van der Waals surface area contributed by atoms with E-state index in [-0.39, 0.29) is 17.9 Å². The molecule has 5 rings (SSSR count). The molecule has 7 heteroatoms. The van der Waals surface area contributed by atoms with Crippen LogP contribution in [0.2, 0.25) is 0 Å². The lowest BCUT2D eigenvalue weighted by molar-refractivity contribution is -0.135. The van der Waals surface area contributed by atoms with Crippen LogP contribution in [0.3, 0.4) is 0 Å². The van der Waals surface area contributed by atoms with E-state index in [1.54, 1.807) is 7.11 Å². The van der Waals surface area contributed by atoms with E-state index in [4.69, 9.17) is 14.2 Å². The average molecular weight is 396 g/mol. The highest BCUT2D eigenvalue weighted by Crippen LogP contribution is 2.37. The van der Waals surface area contributed by atoms with E-state index in [0.29, 0.717) is 19.5 Å². The molecule has 1 aromatic carbocycles. The summed E-state index contributed by atoms with van der Waals surface area (Å²) < 4.78 is 10.9. The fraction of sp³-hybridized carbons (Fsp3) is 0.591. The molecule has 7 nitrogen and oxygen atoms in total. The molecule has 29 heavy (non-hydrogen) atoms. The molecule has 1 atom stereocenters. The third-order valence-corrected chi connectivity index (χ3v) is 6.38. The molecule has 1 aliphatic carbocycles. The number of methoxy groups -OCH3 is 1. The zero-order chi connectivity index (χ0) is 19.8. The number of hydrogen-bond donors (Lipinski definition) is 0. The first-order valence-corrected chi connectivity index (χ1v) is 10.7. The molecule has 1 aromatic heterocycles. The van der Waals surface area contributed by atoms with Gasteiger partial charge in [-0.3, -0.25) is 9.69 Å². The molecule has 2 saturated heterocycles. The number of carbonyl (C=O) groups is 1. The normalized spacial score (nSPS) is 22.7. The fourth-order valence-electron chi connectivity index (χ4n) is 4.42.